The summed E-state index contributed by atoms with van der Waals surface area (Å²) in [5.41, 5.74) is 1.32. The van der Waals surface area contributed by atoms with E-state index in [2.05, 4.69) is 6.07 Å². The molecule has 0 N–H and O–H groups in total. The molecule has 0 saturated heterocycles. The molecule has 0 aromatic heterocycles. The minimum atomic E-state index is 0.323. The van der Waals surface area contributed by atoms with Gasteiger partial charge in [0, 0.05) is 11.1 Å². The molecule has 54 valence electrons. The van der Waals surface area contributed by atoms with E-state index in [1.54, 1.807) is 6.08 Å². The van der Waals surface area contributed by atoms with E-state index in [4.69, 9.17) is 10.5 Å². The van der Waals surface area contributed by atoms with E-state index >= 15 is 0 Å². The van der Waals surface area contributed by atoms with Crippen LogP contribution in [0.25, 0.3) is 0 Å². The number of rotatable bonds is 0. The van der Waals surface area contributed by atoms with E-state index < -0.39 is 0 Å². The normalized spacial score (nSPS) is 22.6. The van der Waals surface area contributed by atoms with E-state index in [9.17, 15) is 0 Å². The summed E-state index contributed by atoms with van der Waals surface area (Å²) in [4.78, 5) is 0. The fourth-order valence-electron chi connectivity index (χ4n) is 1.15. The van der Waals surface area contributed by atoms with Gasteiger partial charge in [0.15, 0.2) is 0 Å². The lowest BCUT2D eigenvalue weighted by Crippen LogP contribution is -1.98. The highest BCUT2D eigenvalue weighted by Gasteiger charge is 2.09. The molecule has 1 atom stereocenters. The molecule has 1 unspecified atom stereocenters. The van der Waals surface area contributed by atoms with Crippen molar-refractivity contribution in [3.63, 3.8) is 0 Å². The molecule has 2 nitrogen and oxygen atoms in total. The number of nitrogens with zero attached hydrogens (tertiary/aromatic N) is 2. The van der Waals surface area contributed by atoms with Gasteiger partial charge in [-0.3, -0.25) is 0 Å². The molecular formula is C9H8N2. The highest BCUT2D eigenvalue weighted by molar-refractivity contribution is 5.43. The van der Waals surface area contributed by atoms with Gasteiger partial charge in [0.25, 0.3) is 0 Å². The average molecular weight is 144 g/mol. The molecule has 0 aromatic carbocycles. The van der Waals surface area contributed by atoms with Gasteiger partial charge in [-0.15, -0.1) is 0 Å². The van der Waals surface area contributed by atoms with Crippen molar-refractivity contribution in [2.75, 3.05) is 0 Å². The Kier molecular flexibility index (Phi) is 2.09. The lowest BCUT2D eigenvalue weighted by atomic mass is 9.93. The standard InChI is InChI=1S/C9H8N2/c1-7-2-8(5-10)4-9(3-7)6-11/h2,4,7H,3H2,1H3. The lowest BCUT2D eigenvalue weighted by Gasteiger charge is -2.09. The van der Waals surface area contributed by atoms with Crippen LogP contribution in [0.4, 0.5) is 0 Å². The maximum atomic E-state index is 8.57. The van der Waals surface area contributed by atoms with Crippen molar-refractivity contribution >= 4 is 0 Å². The second-order valence-electron chi connectivity index (χ2n) is 2.70. The molecule has 1 aliphatic carbocycles. The van der Waals surface area contributed by atoms with Crippen LogP contribution in [0.1, 0.15) is 13.3 Å². The van der Waals surface area contributed by atoms with Crippen LogP contribution in [0.2, 0.25) is 0 Å². The van der Waals surface area contributed by atoms with Crippen molar-refractivity contribution in [3.05, 3.63) is 23.3 Å². The summed E-state index contributed by atoms with van der Waals surface area (Å²) in [5, 5.41) is 17.1. The van der Waals surface area contributed by atoms with Crippen LogP contribution in [-0.4, -0.2) is 0 Å². The first kappa shape index (κ1) is 7.57. The second-order valence-corrected chi connectivity index (χ2v) is 2.70. The third kappa shape index (κ3) is 1.69. The summed E-state index contributed by atoms with van der Waals surface area (Å²) in [5.74, 6) is 0.323. The molecule has 0 fully saturated rings. The van der Waals surface area contributed by atoms with Gasteiger partial charge < -0.3 is 0 Å². The summed E-state index contributed by atoms with van der Waals surface area (Å²) < 4.78 is 0. The van der Waals surface area contributed by atoms with E-state index in [0.29, 0.717) is 17.1 Å². The maximum Gasteiger partial charge on any atom is 0.0988 e. The zero-order chi connectivity index (χ0) is 8.27. The molecule has 1 aliphatic rings. The van der Waals surface area contributed by atoms with Crippen LogP contribution >= 0.6 is 0 Å². The van der Waals surface area contributed by atoms with E-state index in [-0.39, 0.29) is 0 Å². The molecule has 0 amide bonds. The Bertz CT molecular complexity index is 297. The third-order valence-electron chi connectivity index (χ3n) is 1.61. The predicted molar refractivity (Wildman–Crippen MR) is 41.2 cm³/mol. The maximum absolute atomic E-state index is 8.57. The van der Waals surface area contributed by atoms with Gasteiger partial charge in [-0.2, -0.15) is 10.5 Å². The predicted octanol–water partition coefficient (Wildman–Crippen LogP) is 1.93. The minimum absolute atomic E-state index is 0.323. The van der Waals surface area contributed by atoms with Crippen molar-refractivity contribution in [1.82, 2.24) is 0 Å². The number of allylic oxidation sites excluding steroid dienone is 4. The third-order valence-corrected chi connectivity index (χ3v) is 1.61. The molecule has 11 heavy (non-hydrogen) atoms. The Labute approximate surface area is 66.1 Å². The Balaban J connectivity index is 2.93. The first-order valence-electron chi connectivity index (χ1n) is 3.49. The van der Waals surface area contributed by atoms with Crippen molar-refractivity contribution in [3.8, 4) is 12.1 Å². The summed E-state index contributed by atoms with van der Waals surface area (Å²) >= 11 is 0. The monoisotopic (exact) mass is 144 g/mol. The highest BCUT2D eigenvalue weighted by atomic mass is 14.3. The quantitative estimate of drug-likeness (QED) is 0.521. The van der Waals surface area contributed by atoms with Crippen LogP contribution < -0.4 is 0 Å². The van der Waals surface area contributed by atoms with E-state index in [1.807, 2.05) is 19.1 Å². The van der Waals surface area contributed by atoms with Gasteiger partial charge in [-0.25, -0.2) is 0 Å². The SMILES string of the molecule is CC1C=C(C#N)C=C(C#N)C1. The molecule has 0 aromatic rings. The van der Waals surface area contributed by atoms with Gasteiger partial charge in [0.1, 0.15) is 0 Å². The number of nitriles is 2. The van der Waals surface area contributed by atoms with Crippen molar-refractivity contribution < 1.29 is 0 Å². The molecular weight excluding hydrogens is 136 g/mol. The van der Waals surface area contributed by atoms with Crippen molar-refractivity contribution in [2.45, 2.75) is 13.3 Å². The molecule has 1 rings (SSSR count). The van der Waals surface area contributed by atoms with Crippen LogP contribution in [0.15, 0.2) is 23.3 Å². The molecule has 0 heterocycles. The van der Waals surface area contributed by atoms with E-state index in [1.165, 1.54) is 0 Å². The van der Waals surface area contributed by atoms with Gasteiger partial charge in [0.05, 0.1) is 12.1 Å². The molecule has 2 heteroatoms. The number of hydrogen-bond donors (Lipinski definition) is 0. The molecule has 0 bridgehead atoms. The first-order valence-corrected chi connectivity index (χ1v) is 3.49. The fraction of sp³-hybridized carbons (Fsp3) is 0.333. The van der Waals surface area contributed by atoms with Crippen LogP contribution in [0.5, 0.6) is 0 Å². The van der Waals surface area contributed by atoms with E-state index in [0.717, 1.165) is 6.42 Å². The van der Waals surface area contributed by atoms with Crippen molar-refractivity contribution in [2.24, 2.45) is 5.92 Å². The Morgan fingerprint density at radius 1 is 1.45 bits per heavy atom. The zero-order valence-electron chi connectivity index (χ0n) is 6.33. The number of hydrogen-bond acceptors (Lipinski definition) is 2. The Hall–Kier alpha value is -1.54. The first-order chi connectivity index (χ1) is 5.26. The van der Waals surface area contributed by atoms with Crippen molar-refractivity contribution in [1.29, 1.82) is 10.5 Å². The second kappa shape index (κ2) is 3.03. The zero-order valence-corrected chi connectivity index (χ0v) is 6.33. The topological polar surface area (TPSA) is 47.6 Å². The van der Waals surface area contributed by atoms with Crippen LogP contribution in [0.3, 0.4) is 0 Å². The molecule has 0 radical (unpaired) electrons. The molecule has 0 aliphatic heterocycles. The summed E-state index contributed by atoms with van der Waals surface area (Å²) in [6, 6.07) is 4.10. The van der Waals surface area contributed by atoms with Gasteiger partial charge in [0.2, 0.25) is 0 Å². The summed E-state index contributed by atoms with van der Waals surface area (Å²) in [7, 11) is 0. The lowest BCUT2D eigenvalue weighted by molar-refractivity contribution is 0.716. The Morgan fingerprint density at radius 2 is 2.18 bits per heavy atom. The molecule has 0 saturated carbocycles. The fourth-order valence-corrected chi connectivity index (χ4v) is 1.15. The van der Waals surface area contributed by atoms with Gasteiger partial charge in [-0.1, -0.05) is 13.0 Å². The smallest absolute Gasteiger partial charge is 0.0988 e. The van der Waals surface area contributed by atoms with Crippen LogP contribution in [-0.2, 0) is 0 Å². The van der Waals surface area contributed by atoms with Gasteiger partial charge in [-0.05, 0) is 18.4 Å². The highest BCUT2D eigenvalue weighted by Crippen LogP contribution is 2.20. The minimum Gasteiger partial charge on any atom is -0.193 e. The summed E-state index contributed by atoms with van der Waals surface area (Å²) in [6.07, 6.45) is 4.31. The molecule has 0 spiro atoms. The Morgan fingerprint density at radius 3 is 2.73 bits per heavy atom. The summed E-state index contributed by atoms with van der Waals surface area (Å²) in [6.45, 7) is 2.00. The van der Waals surface area contributed by atoms with Gasteiger partial charge >= 0.3 is 0 Å². The van der Waals surface area contributed by atoms with Crippen LogP contribution in [0, 0.1) is 28.6 Å². The largest absolute Gasteiger partial charge is 0.193 e. The average Bonchev–Trinajstić information content (AvgIpc) is 2.03.